The number of nitrogens with two attached hydrogens (primary N) is 1. The van der Waals surface area contributed by atoms with Gasteiger partial charge in [0.2, 0.25) is 0 Å². The van der Waals surface area contributed by atoms with Crippen LogP contribution >= 0.6 is 0 Å². The van der Waals surface area contributed by atoms with Gasteiger partial charge in [0.1, 0.15) is 0 Å². The van der Waals surface area contributed by atoms with Crippen LogP contribution in [0.5, 0.6) is 0 Å². The molecule has 2 amide bonds. The molecule has 2 atom stereocenters. The Balaban J connectivity index is 1.54. The molecule has 3 N–H and O–H groups in total. The van der Waals surface area contributed by atoms with Crippen LogP contribution in [0.3, 0.4) is 0 Å². The first kappa shape index (κ1) is 27.9. The van der Waals surface area contributed by atoms with Gasteiger partial charge in [-0.05, 0) is 42.7 Å². The van der Waals surface area contributed by atoms with Crippen molar-refractivity contribution in [1.29, 1.82) is 0 Å². The third-order valence-electron chi connectivity index (χ3n) is 6.59. The van der Waals surface area contributed by atoms with E-state index in [0.717, 1.165) is 17.5 Å². The Kier molecular flexibility index (Phi) is 9.83. The highest BCUT2D eigenvalue weighted by molar-refractivity contribution is 6.07. The van der Waals surface area contributed by atoms with Gasteiger partial charge in [0.15, 0.2) is 17.3 Å². The van der Waals surface area contributed by atoms with Crippen LogP contribution in [-0.2, 0) is 26.3 Å². The molecule has 3 rings (SSSR count). The number of unbranched alkanes of at least 4 members (excludes halogenated alkanes) is 2. The van der Waals surface area contributed by atoms with Crippen molar-refractivity contribution in [3.05, 3.63) is 71.8 Å². The first-order valence-corrected chi connectivity index (χ1v) is 12.9. The van der Waals surface area contributed by atoms with E-state index in [-0.39, 0.29) is 23.6 Å². The maximum atomic E-state index is 13.6. The number of hydrogen-bond donors (Lipinski definition) is 2. The first-order chi connectivity index (χ1) is 17.8. The summed E-state index contributed by atoms with van der Waals surface area (Å²) in [6.07, 6.45) is 2.75. The maximum Gasteiger partial charge on any atom is 0.407 e. The number of nitrogens with one attached hydrogen (secondary N) is 1. The van der Waals surface area contributed by atoms with Gasteiger partial charge in [-0.2, -0.15) is 0 Å². The van der Waals surface area contributed by atoms with Crippen LogP contribution in [0.1, 0.15) is 57.1 Å². The molecule has 37 heavy (non-hydrogen) atoms. The summed E-state index contributed by atoms with van der Waals surface area (Å²) >= 11 is 0. The lowest BCUT2D eigenvalue weighted by Gasteiger charge is -2.28. The number of carbonyl (C=O) groups is 3. The van der Waals surface area contributed by atoms with Crippen LogP contribution in [0.4, 0.5) is 4.79 Å². The molecular weight excluding hydrogens is 468 g/mol. The summed E-state index contributed by atoms with van der Waals surface area (Å²) in [4.78, 5) is 44.5. The third kappa shape index (κ3) is 7.18. The Morgan fingerprint density at radius 2 is 1.68 bits per heavy atom. The van der Waals surface area contributed by atoms with Crippen LogP contribution in [0.2, 0.25) is 0 Å². The number of Topliss-reactive ketones (excluding diaryl/α,β-unsaturated/α-hetero) is 1. The number of ether oxygens (including phenoxy) is 1. The van der Waals surface area contributed by atoms with Crippen molar-refractivity contribution in [1.82, 2.24) is 10.2 Å². The zero-order valence-corrected chi connectivity index (χ0v) is 22.0. The minimum absolute atomic E-state index is 0.0485. The van der Waals surface area contributed by atoms with Crippen LogP contribution in [-0.4, -0.2) is 48.3 Å². The Morgan fingerprint density at radius 1 is 1.03 bits per heavy atom. The molecule has 0 fully saturated rings. The minimum Gasteiger partial charge on any atom is -0.453 e. The standard InChI is InChI=1S/C29H38N4O4/c1-21(2)20-29(23-15-9-5-10-16-23)26(35)33(27(30)32-29)18-12-6-11-17-25(34)24(31-28(36)37-3)19-22-13-7-4-8-14-22/h4-5,7-10,13-16,21,24H,6,11-12,17-20H2,1-3H3,(H2,30,32)(H,31,36)/t24-,29?/m0/s1. The summed E-state index contributed by atoms with van der Waals surface area (Å²) < 4.78 is 4.70. The fourth-order valence-electron chi connectivity index (χ4n) is 4.81. The number of alkyl carbamates (subject to hydrolysis) is 1. The zero-order valence-electron chi connectivity index (χ0n) is 22.0. The molecule has 0 aromatic heterocycles. The second kappa shape index (κ2) is 13.0. The van der Waals surface area contributed by atoms with Gasteiger partial charge in [0, 0.05) is 13.0 Å². The molecule has 0 saturated carbocycles. The number of guanidine groups is 1. The Bertz CT molecular complexity index is 1090. The predicted molar refractivity (Wildman–Crippen MR) is 144 cm³/mol. The summed E-state index contributed by atoms with van der Waals surface area (Å²) in [5, 5.41) is 2.66. The normalized spacial score (nSPS) is 18.0. The molecule has 2 aromatic rings. The van der Waals surface area contributed by atoms with E-state index in [0.29, 0.717) is 38.6 Å². The van der Waals surface area contributed by atoms with Crippen molar-refractivity contribution in [2.24, 2.45) is 16.6 Å². The molecule has 0 aliphatic carbocycles. The molecule has 8 nitrogen and oxygen atoms in total. The van der Waals surface area contributed by atoms with Gasteiger partial charge in [-0.15, -0.1) is 0 Å². The van der Waals surface area contributed by atoms with Gasteiger partial charge in [0.25, 0.3) is 5.91 Å². The van der Waals surface area contributed by atoms with Crippen LogP contribution in [0.25, 0.3) is 0 Å². The van der Waals surface area contributed by atoms with E-state index >= 15 is 0 Å². The highest BCUT2D eigenvalue weighted by Crippen LogP contribution is 2.38. The van der Waals surface area contributed by atoms with Crippen LogP contribution in [0.15, 0.2) is 65.7 Å². The molecule has 0 saturated heterocycles. The van der Waals surface area contributed by atoms with E-state index in [4.69, 9.17) is 10.5 Å². The summed E-state index contributed by atoms with van der Waals surface area (Å²) in [7, 11) is 1.28. The Hall–Kier alpha value is -3.68. The minimum atomic E-state index is -0.986. The average molecular weight is 507 g/mol. The topological polar surface area (TPSA) is 114 Å². The van der Waals surface area contributed by atoms with E-state index in [9.17, 15) is 14.4 Å². The highest BCUT2D eigenvalue weighted by atomic mass is 16.5. The summed E-state index contributed by atoms with van der Waals surface area (Å²) in [5.41, 5.74) is 7.07. The number of nitrogens with zero attached hydrogens (tertiary/aromatic N) is 2. The largest absolute Gasteiger partial charge is 0.453 e. The Morgan fingerprint density at radius 3 is 2.30 bits per heavy atom. The molecule has 8 heteroatoms. The van der Waals surface area contributed by atoms with Gasteiger partial charge < -0.3 is 15.8 Å². The second-order valence-corrected chi connectivity index (χ2v) is 9.91. The lowest BCUT2D eigenvalue weighted by atomic mass is 9.82. The number of aliphatic imine (C=N–C) groups is 1. The van der Waals surface area contributed by atoms with Crippen molar-refractivity contribution in [3.63, 3.8) is 0 Å². The second-order valence-electron chi connectivity index (χ2n) is 9.91. The lowest BCUT2D eigenvalue weighted by molar-refractivity contribution is -0.132. The maximum absolute atomic E-state index is 13.6. The number of rotatable bonds is 13. The van der Waals surface area contributed by atoms with Crippen molar-refractivity contribution in [2.75, 3.05) is 13.7 Å². The number of amides is 2. The predicted octanol–water partition coefficient (Wildman–Crippen LogP) is 4.18. The smallest absolute Gasteiger partial charge is 0.407 e. The molecule has 1 heterocycles. The molecule has 1 unspecified atom stereocenters. The van der Waals surface area contributed by atoms with Gasteiger partial charge in [-0.3, -0.25) is 14.5 Å². The van der Waals surface area contributed by atoms with E-state index in [1.165, 1.54) is 7.11 Å². The van der Waals surface area contributed by atoms with Gasteiger partial charge >= 0.3 is 6.09 Å². The van der Waals surface area contributed by atoms with Gasteiger partial charge in [-0.1, -0.05) is 80.9 Å². The van der Waals surface area contributed by atoms with Crippen LogP contribution in [0, 0.1) is 5.92 Å². The van der Waals surface area contributed by atoms with Crippen LogP contribution < -0.4 is 11.1 Å². The summed E-state index contributed by atoms with van der Waals surface area (Å²) in [6.45, 7) is 4.59. The lowest BCUT2D eigenvalue weighted by Crippen LogP contribution is -2.44. The average Bonchev–Trinajstić information content (AvgIpc) is 3.13. The Labute approximate surface area is 219 Å². The first-order valence-electron chi connectivity index (χ1n) is 12.9. The monoisotopic (exact) mass is 506 g/mol. The molecule has 198 valence electrons. The van der Waals surface area contributed by atoms with Crippen molar-refractivity contribution < 1.29 is 19.1 Å². The summed E-state index contributed by atoms with van der Waals surface area (Å²) in [5.74, 6) is 0.365. The number of ketones is 1. The van der Waals surface area contributed by atoms with Crippen molar-refractivity contribution in [2.45, 2.75) is 64.0 Å². The van der Waals surface area contributed by atoms with Crippen molar-refractivity contribution >= 4 is 23.7 Å². The fourth-order valence-corrected chi connectivity index (χ4v) is 4.81. The zero-order chi connectivity index (χ0) is 26.8. The van der Waals surface area contributed by atoms with E-state index in [1.54, 1.807) is 4.90 Å². The fraction of sp³-hybridized carbons (Fsp3) is 0.448. The highest BCUT2D eigenvalue weighted by Gasteiger charge is 2.49. The van der Waals surface area contributed by atoms with E-state index in [2.05, 4.69) is 24.2 Å². The molecule has 0 bridgehead atoms. The molecule has 1 aliphatic rings. The van der Waals surface area contributed by atoms with Gasteiger partial charge in [0.05, 0.1) is 13.2 Å². The number of hydrogen-bond acceptors (Lipinski definition) is 6. The molecular formula is C29H38N4O4. The molecule has 1 aliphatic heterocycles. The number of benzene rings is 2. The van der Waals surface area contributed by atoms with E-state index in [1.807, 2.05) is 60.7 Å². The molecule has 0 radical (unpaired) electrons. The molecule has 2 aromatic carbocycles. The van der Waals surface area contributed by atoms with Gasteiger partial charge in [-0.25, -0.2) is 9.79 Å². The summed E-state index contributed by atoms with van der Waals surface area (Å²) in [6, 6.07) is 18.5. The van der Waals surface area contributed by atoms with E-state index < -0.39 is 17.7 Å². The third-order valence-corrected chi connectivity index (χ3v) is 6.59. The SMILES string of the molecule is COC(=O)N[C@@H](Cc1ccccc1)C(=O)CCCCCN1C(=O)C(CC(C)C)(c2ccccc2)N=C1N. The number of methoxy groups -OCH3 is 1. The molecule has 0 spiro atoms. The number of carbonyl (C=O) groups excluding carboxylic acids is 3. The van der Waals surface area contributed by atoms with Crippen molar-refractivity contribution in [3.8, 4) is 0 Å². The quantitative estimate of drug-likeness (QED) is 0.396.